The molecular weight excluding hydrogens is 416 g/mol. The van der Waals surface area contributed by atoms with E-state index in [4.69, 9.17) is 9.15 Å². The third-order valence-electron chi connectivity index (χ3n) is 6.31. The fourth-order valence-corrected chi connectivity index (χ4v) is 4.31. The minimum Gasteiger partial charge on any atom is -0.493 e. The number of benzene rings is 1. The second-order valence-corrected chi connectivity index (χ2v) is 8.83. The summed E-state index contributed by atoms with van der Waals surface area (Å²) >= 11 is 0. The number of carbonyl (C=O) groups is 1. The second-order valence-electron chi connectivity index (χ2n) is 8.83. The standard InChI is InChI=1S/C26H34N4O3/c1-20(24-9-8-21(2)33-24)11-16-29-17-12-22(13-18-29)30-25(10-15-27-30)28-26(31)14-19-32-23-6-4-3-5-7-23/h3-10,15,20,22H,11-14,16-19H2,1-2H3,(H,28,31). The largest absolute Gasteiger partial charge is 0.493 e. The Morgan fingerprint density at radius 2 is 1.97 bits per heavy atom. The van der Waals surface area contributed by atoms with Crippen molar-refractivity contribution in [2.24, 2.45) is 0 Å². The third-order valence-corrected chi connectivity index (χ3v) is 6.31. The zero-order valence-corrected chi connectivity index (χ0v) is 19.6. The van der Waals surface area contributed by atoms with Crippen LogP contribution in [-0.4, -0.2) is 46.8 Å². The molecule has 7 nitrogen and oxygen atoms in total. The van der Waals surface area contributed by atoms with Gasteiger partial charge in [-0.15, -0.1) is 0 Å². The molecule has 2 aromatic heterocycles. The van der Waals surface area contributed by atoms with E-state index in [0.717, 1.165) is 62.0 Å². The molecule has 33 heavy (non-hydrogen) atoms. The van der Waals surface area contributed by atoms with Gasteiger partial charge in [-0.05, 0) is 57.0 Å². The van der Waals surface area contributed by atoms with E-state index in [2.05, 4.69) is 28.3 Å². The second kappa shape index (κ2) is 11.2. The van der Waals surface area contributed by atoms with Crippen molar-refractivity contribution in [3.05, 3.63) is 66.2 Å². The van der Waals surface area contributed by atoms with E-state index >= 15 is 0 Å². The van der Waals surface area contributed by atoms with Crippen LogP contribution in [0.2, 0.25) is 0 Å². The molecule has 0 radical (unpaired) electrons. The van der Waals surface area contributed by atoms with Crippen LogP contribution in [0.15, 0.2) is 59.1 Å². The third kappa shape index (κ3) is 6.48. The molecule has 1 amide bonds. The first kappa shape index (κ1) is 23.1. The lowest BCUT2D eigenvalue weighted by molar-refractivity contribution is -0.116. The lowest BCUT2D eigenvalue weighted by Gasteiger charge is -2.33. The molecule has 7 heteroatoms. The first-order valence-corrected chi connectivity index (χ1v) is 11.9. The van der Waals surface area contributed by atoms with Crippen molar-refractivity contribution in [3.8, 4) is 5.75 Å². The monoisotopic (exact) mass is 450 g/mol. The highest BCUT2D eigenvalue weighted by Gasteiger charge is 2.23. The minimum atomic E-state index is -0.0627. The van der Waals surface area contributed by atoms with Gasteiger partial charge < -0.3 is 19.4 Å². The van der Waals surface area contributed by atoms with Crippen molar-refractivity contribution >= 4 is 11.7 Å². The lowest BCUT2D eigenvalue weighted by Crippen LogP contribution is -2.36. The molecule has 1 saturated heterocycles. The number of anilines is 1. The molecule has 0 aliphatic carbocycles. The SMILES string of the molecule is Cc1ccc(C(C)CCN2CCC(n3nccc3NC(=O)CCOc3ccccc3)CC2)o1. The molecule has 1 aliphatic heterocycles. The normalized spacial score (nSPS) is 15.9. The smallest absolute Gasteiger partial charge is 0.228 e. The highest BCUT2D eigenvalue weighted by atomic mass is 16.5. The van der Waals surface area contributed by atoms with Gasteiger partial charge in [-0.3, -0.25) is 4.79 Å². The van der Waals surface area contributed by atoms with Crippen LogP contribution in [0.3, 0.4) is 0 Å². The van der Waals surface area contributed by atoms with Gasteiger partial charge in [-0.25, -0.2) is 4.68 Å². The molecular formula is C26H34N4O3. The molecule has 1 N–H and O–H groups in total. The number of para-hydroxylation sites is 1. The van der Waals surface area contributed by atoms with Crippen LogP contribution in [0.4, 0.5) is 5.82 Å². The number of amides is 1. The topological polar surface area (TPSA) is 72.5 Å². The number of aromatic nitrogens is 2. The van der Waals surface area contributed by atoms with E-state index in [1.54, 1.807) is 6.20 Å². The first-order chi connectivity index (χ1) is 16.1. The van der Waals surface area contributed by atoms with Crippen LogP contribution >= 0.6 is 0 Å². The number of hydrogen-bond acceptors (Lipinski definition) is 5. The number of aryl methyl sites for hydroxylation is 1. The fourth-order valence-electron chi connectivity index (χ4n) is 4.31. The van der Waals surface area contributed by atoms with Crippen molar-refractivity contribution in [3.63, 3.8) is 0 Å². The number of likely N-dealkylation sites (tertiary alicyclic amines) is 1. The Hall–Kier alpha value is -3.06. The first-order valence-electron chi connectivity index (χ1n) is 11.9. The predicted octanol–water partition coefficient (Wildman–Crippen LogP) is 5.02. The Bertz CT molecular complexity index is 1010. The van der Waals surface area contributed by atoms with Crippen LogP contribution < -0.4 is 10.1 Å². The van der Waals surface area contributed by atoms with Gasteiger partial charge in [0.15, 0.2) is 0 Å². The summed E-state index contributed by atoms with van der Waals surface area (Å²) in [5, 5.41) is 7.50. The average Bonchev–Trinajstić information content (AvgIpc) is 3.47. The fraction of sp³-hybridized carbons (Fsp3) is 0.462. The number of ether oxygens (including phenoxy) is 1. The number of rotatable bonds is 10. The van der Waals surface area contributed by atoms with E-state index in [1.807, 2.05) is 54.1 Å². The average molecular weight is 451 g/mol. The molecule has 1 atom stereocenters. The zero-order valence-electron chi connectivity index (χ0n) is 19.6. The van der Waals surface area contributed by atoms with Gasteiger partial charge in [-0.1, -0.05) is 25.1 Å². The highest BCUT2D eigenvalue weighted by Crippen LogP contribution is 2.27. The molecule has 0 spiro atoms. The van der Waals surface area contributed by atoms with Crippen molar-refractivity contribution in [2.45, 2.75) is 51.5 Å². The zero-order chi connectivity index (χ0) is 23.0. The van der Waals surface area contributed by atoms with E-state index < -0.39 is 0 Å². The van der Waals surface area contributed by atoms with Gasteiger partial charge in [0.1, 0.15) is 23.1 Å². The summed E-state index contributed by atoms with van der Waals surface area (Å²) in [6.45, 7) is 7.70. The van der Waals surface area contributed by atoms with Crippen LogP contribution in [0.5, 0.6) is 5.75 Å². The maximum atomic E-state index is 12.4. The Labute approximate surface area is 195 Å². The van der Waals surface area contributed by atoms with Crippen LogP contribution in [0.1, 0.15) is 56.1 Å². The number of piperidine rings is 1. The van der Waals surface area contributed by atoms with Gasteiger partial charge in [0.2, 0.25) is 5.91 Å². The summed E-state index contributed by atoms with van der Waals surface area (Å²) in [4.78, 5) is 14.9. The molecule has 176 valence electrons. The molecule has 1 fully saturated rings. The number of nitrogens with zero attached hydrogens (tertiary/aromatic N) is 3. The Morgan fingerprint density at radius 3 is 2.70 bits per heavy atom. The number of furan rings is 1. The Morgan fingerprint density at radius 1 is 1.18 bits per heavy atom. The Kier molecular flexibility index (Phi) is 7.83. The predicted molar refractivity (Wildman–Crippen MR) is 129 cm³/mol. The molecule has 1 aliphatic rings. The molecule has 0 saturated carbocycles. The summed E-state index contributed by atoms with van der Waals surface area (Å²) in [7, 11) is 0. The van der Waals surface area contributed by atoms with E-state index in [0.29, 0.717) is 25.0 Å². The number of nitrogens with one attached hydrogen (secondary N) is 1. The van der Waals surface area contributed by atoms with Crippen LogP contribution in [-0.2, 0) is 4.79 Å². The van der Waals surface area contributed by atoms with Crippen molar-refractivity contribution in [1.82, 2.24) is 14.7 Å². The van der Waals surface area contributed by atoms with Gasteiger partial charge in [-0.2, -0.15) is 5.10 Å². The summed E-state index contributed by atoms with van der Waals surface area (Å²) in [5.41, 5.74) is 0. The molecule has 1 unspecified atom stereocenters. The van der Waals surface area contributed by atoms with Gasteiger partial charge in [0.25, 0.3) is 0 Å². The Balaban J connectivity index is 1.20. The van der Waals surface area contributed by atoms with E-state index in [1.165, 1.54) is 0 Å². The minimum absolute atomic E-state index is 0.0627. The summed E-state index contributed by atoms with van der Waals surface area (Å²) in [5.74, 6) is 3.95. The maximum Gasteiger partial charge on any atom is 0.228 e. The molecule has 3 aromatic rings. The molecule has 0 bridgehead atoms. The molecule has 3 heterocycles. The summed E-state index contributed by atoms with van der Waals surface area (Å²) in [6.07, 6.45) is 5.19. The quantitative estimate of drug-likeness (QED) is 0.469. The highest BCUT2D eigenvalue weighted by molar-refractivity contribution is 5.89. The number of carbonyl (C=O) groups excluding carboxylic acids is 1. The maximum absolute atomic E-state index is 12.4. The van der Waals surface area contributed by atoms with Crippen LogP contribution in [0, 0.1) is 6.92 Å². The number of hydrogen-bond donors (Lipinski definition) is 1. The van der Waals surface area contributed by atoms with Gasteiger partial charge in [0, 0.05) is 25.1 Å². The summed E-state index contributed by atoms with van der Waals surface area (Å²) < 4.78 is 13.4. The molecule has 1 aromatic carbocycles. The van der Waals surface area contributed by atoms with Crippen molar-refractivity contribution in [2.75, 3.05) is 31.6 Å². The van der Waals surface area contributed by atoms with E-state index in [9.17, 15) is 4.79 Å². The summed E-state index contributed by atoms with van der Waals surface area (Å²) in [6, 6.07) is 15.8. The molecule has 4 rings (SSSR count). The van der Waals surface area contributed by atoms with Crippen LogP contribution in [0.25, 0.3) is 0 Å². The van der Waals surface area contributed by atoms with Crippen molar-refractivity contribution in [1.29, 1.82) is 0 Å². The van der Waals surface area contributed by atoms with Gasteiger partial charge >= 0.3 is 0 Å². The lowest BCUT2D eigenvalue weighted by atomic mass is 10.0. The van der Waals surface area contributed by atoms with Gasteiger partial charge in [0.05, 0.1) is 25.3 Å². The van der Waals surface area contributed by atoms with E-state index in [-0.39, 0.29) is 5.91 Å². The van der Waals surface area contributed by atoms with Crippen molar-refractivity contribution < 1.29 is 13.9 Å².